The molecule has 82 valence electrons. The molecule has 2 aromatic rings. The van der Waals surface area contributed by atoms with Gasteiger partial charge in [0, 0.05) is 21.9 Å². The lowest BCUT2D eigenvalue weighted by Crippen LogP contribution is -1.96. The second-order valence-electron chi connectivity index (χ2n) is 3.34. The van der Waals surface area contributed by atoms with Crippen LogP contribution in [0.1, 0.15) is 4.88 Å². The van der Waals surface area contributed by atoms with Crippen molar-refractivity contribution in [1.29, 1.82) is 0 Å². The van der Waals surface area contributed by atoms with Gasteiger partial charge in [0.15, 0.2) is 0 Å². The van der Waals surface area contributed by atoms with Crippen LogP contribution < -0.4 is 5.73 Å². The van der Waals surface area contributed by atoms with Crippen LogP contribution in [0, 0.1) is 17.0 Å². The van der Waals surface area contributed by atoms with E-state index >= 15 is 0 Å². The minimum absolute atomic E-state index is 0.0358. The molecule has 0 bridgehead atoms. The normalized spacial score (nSPS) is 10.3. The summed E-state index contributed by atoms with van der Waals surface area (Å²) in [6.45, 7) is 1.97. The number of rotatable bonds is 2. The fourth-order valence-electron chi connectivity index (χ4n) is 1.37. The predicted octanol–water partition coefficient (Wildman–Crippen LogP) is 2.61. The number of nitrogens with zero attached hydrogens (tertiary/aromatic N) is 2. The number of aromatic nitrogens is 1. The monoisotopic (exact) mass is 235 g/mol. The van der Waals surface area contributed by atoms with Gasteiger partial charge >= 0.3 is 0 Å². The first-order valence-corrected chi connectivity index (χ1v) is 5.41. The fourth-order valence-corrected chi connectivity index (χ4v) is 2.06. The van der Waals surface area contributed by atoms with Gasteiger partial charge in [-0.3, -0.25) is 10.1 Å². The van der Waals surface area contributed by atoms with Crippen molar-refractivity contribution in [3.05, 3.63) is 38.6 Å². The highest BCUT2D eigenvalue weighted by Gasteiger charge is 2.11. The summed E-state index contributed by atoms with van der Waals surface area (Å²) in [6.07, 6.45) is 0. The number of nitrogen functional groups attached to an aromatic ring is 1. The van der Waals surface area contributed by atoms with E-state index in [-0.39, 0.29) is 11.5 Å². The molecule has 6 heteroatoms. The number of pyridine rings is 1. The van der Waals surface area contributed by atoms with Gasteiger partial charge in [-0.1, -0.05) is 0 Å². The highest BCUT2D eigenvalue weighted by Crippen LogP contribution is 2.27. The maximum absolute atomic E-state index is 10.7. The summed E-state index contributed by atoms with van der Waals surface area (Å²) in [7, 11) is 0. The van der Waals surface area contributed by atoms with E-state index in [2.05, 4.69) is 4.98 Å². The van der Waals surface area contributed by atoms with Crippen LogP contribution in [0.15, 0.2) is 23.6 Å². The van der Waals surface area contributed by atoms with E-state index in [1.165, 1.54) is 12.1 Å². The van der Waals surface area contributed by atoms with E-state index in [1.54, 1.807) is 11.3 Å². The van der Waals surface area contributed by atoms with E-state index in [4.69, 9.17) is 5.73 Å². The lowest BCUT2D eigenvalue weighted by molar-refractivity contribution is -0.384. The van der Waals surface area contributed by atoms with Crippen LogP contribution in [-0.2, 0) is 0 Å². The topological polar surface area (TPSA) is 82.0 Å². The highest BCUT2D eigenvalue weighted by atomic mass is 32.1. The maximum atomic E-state index is 10.7. The Labute approximate surface area is 95.7 Å². The average Bonchev–Trinajstić information content (AvgIpc) is 2.64. The van der Waals surface area contributed by atoms with Gasteiger partial charge in [0.25, 0.3) is 5.69 Å². The summed E-state index contributed by atoms with van der Waals surface area (Å²) in [4.78, 5) is 15.4. The minimum Gasteiger partial charge on any atom is -0.383 e. The molecule has 2 aromatic heterocycles. The van der Waals surface area contributed by atoms with Crippen LogP contribution in [0.25, 0.3) is 11.3 Å². The zero-order valence-corrected chi connectivity index (χ0v) is 9.32. The molecule has 0 radical (unpaired) electrons. The Morgan fingerprint density at radius 3 is 2.75 bits per heavy atom. The smallest absolute Gasteiger partial charge is 0.275 e. The summed E-state index contributed by atoms with van der Waals surface area (Å²) in [5.41, 5.74) is 6.89. The molecule has 0 aromatic carbocycles. The lowest BCUT2D eigenvalue weighted by Gasteiger charge is -1.99. The standard InChI is InChI=1S/C10H9N3O2S/c1-6-2-7(5-16-6)9-3-8(13(14)15)4-10(11)12-9/h2-5H,1H3,(H2,11,12). The van der Waals surface area contributed by atoms with Crippen molar-refractivity contribution in [3.63, 3.8) is 0 Å². The van der Waals surface area contributed by atoms with Crippen molar-refractivity contribution in [3.8, 4) is 11.3 Å². The van der Waals surface area contributed by atoms with Gasteiger partial charge in [-0.15, -0.1) is 11.3 Å². The van der Waals surface area contributed by atoms with Gasteiger partial charge in [-0.2, -0.15) is 0 Å². The molecule has 2 N–H and O–H groups in total. The Hall–Kier alpha value is -1.95. The van der Waals surface area contributed by atoms with E-state index in [1.807, 2.05) is 18.4 Å². The van der Waals surface area contributed by atoms with Gasteiger partial charge in [0.2, 0.25) is 0 Å². The number of hydrogen-bond donors (Lipinski definition) is 1. The number of nitro groups is 1. The molecule has 2 heterocycles. The number of anilines is 1. The number of hydrogen-bond acceptors (Lipinski definition) is 5. The Morgan fingerprint density at radius 2 is 2.19 bits per heavy atom. The molecule has 0 saturated heterocycles. The van der Waals surface area contributed by atoms with E-state index in [9.17, 15) is 10.1 Å². The molecule has 0 unspecified atom stereocenters. The molecular weight excluding hydrogens is 226 g/mol. The zero-order valence-electron chi connectivity index (χ0n) is 8.51. The molecule has 0 amide bonds. The third-order valence-corrected chi connectivity index (χ3v) is 2.93. The van der Waals surface area contributed by atoms with Gasteiger partial charge in [0.05, 0.1) is 16.7 Å². The first kappa shape index (κ1) is 10.6. The highest BCUT2D eigenvalue weighted by molar-refractivity contribution is 7.10. The van der Waals surface area contributed by atoms with Crippen molar-refractivity contribution in [2.75, 3.05) is 5.73 Å². The third-order valence-electron chi connectivity index (χ3n) is 2.07. The van der Waals surface area contributed by atoms with Crippen molar-refractivity contribution >= 4 is 22.8 Å². The maximum Gasteiger partial charge on any atom is 0.275 e. The molecule has 5 nitrogen and oxygen atoms in total. The fraction of sp³-hybridized carbons (Fsp3) is 0.100. The molecule has 0 aliphatic carbocycles. The molecule has 0 aliphatic rings. The summed E-state index contributed by atoms with van der Waals surface area (Å²) in [6, 6.07) is 4.61. The van der Waals surface area contributed by atoms with E-state index in [0.717, 1.165) is 10.4 Å². The van der Waals surface area contributed by atoms with Crippen LogP contribution in [-0.4, -0.2) is 9.91 Å². The Balaban J connectivity index is 2.53. The molecule has 0 atom stereocenters. The zero-order chi connectivity index (χ0) is 11.7. The molecule has 0 aliphatic heterocycles. The first-order valence-electron chi connectivity index (χ1n) is 4.54. The van der Waals surface area contributed by atoms with Gasteiger partial charge in [-0.25, -0.2) is 4.98 Å². The van der Waals surface area contributed by atoms with Gasteiger partial charge in [-0.05, 0) is 13.0 Å². The number of aryl methyl sites for hydroxylation is 1. The number of thiophene rings is 1. The predicted molar refractivity (Wildman–Crippen MR) is 63.4 cm³/mol. The summed E-state index contributed by atoms with van der Waals surface area (Å²) in [5.74, 6) is 0.160. The van der Waals surface area contributed by atoms with Gasteiger partial charge in [0.1, 0.15) is 5.82 Å². The van der Waals surface area contributed by atoms with Crippen molar-refractivity contribution in [2.45, 2.75) is 6.92 Å². The molecule has 0 saturated carbocycles. The minimum atomic E-state index is -0.471. The second kappa shape index (κ2) is 3.90. The summed E-state index contributed by atoms with van der Waals surface area (Å²) >= 11 is 1.57. The largest absolute Gasteiger partial charge is 0.383 e. The van der Waals surface area contributed by atoms with Crippen molar-refractivity contribution < 1.29 is 4.92 Å². The molecule has 16 heavy (non-hydrogen) atoms. The Bertz CT molecular complexity index is 551. The number of nitrogens with two attached hydrogens (primary N) is 1. The van der Waals surface area contributed by atoms with Crippen LogP contribution in [0.4, 0.5) is 11.5 Å². The molecule has 0 fully saturated rings. The molecule has 2 rings (SSSR count). The SMILES string of the molecule is Cc1cc(-c2cc([N+](=O)[O-])cc(N)n2)cs1. The van der Waals surface area contributed by atoms with Crippen molar-refractivity contribution in [2.24, 2.45) is 0 Å². The summed E-state index contributed by atoms with van der Waals surface area (Å²) < 4.78 is 0. The third kappa shape index (κ3) is 2.01. The summed E-state index contributed by atoms with van der Waals surface area (Å²) in [5, 5.41) is 12.6. The Kier molecular flexibility index (Phi) is 2.57. The average molecular weight is 235 g/mol. The van der Waals surface area contributed by atoms with Crippen LogP contribution >= 0.6 is 11.3 Å². The van der Waals surface area contributed by atoms with E-state index in [0.29, 0.717) is 5.69 Å². The van der Waals surface area contributed by atoms with E-state index < -0.39 is 4.92 Å². The molecule has 0 spiro atoms. The van der Waals surface area contributed by atoms with Crippen LogP contribution in [0.3, 0.4) is 0 Å². The lowest BCUT2D eigenvalue weighted by atomic mass is 10.2. The Morgan fingerprint density at radius 1 is 1.44 bits per heavy atom. The second-order valence-corrected chi connectivity index (χ2v) is 4.45. The van der Waals surface area contributed by atoms with Gasteiger partial charge < -0.3 is 5.73 Å². The first-order chi connectivity index (χ1) is 7.56. The molecular formula is C10H9N3O2S. The van der Waals surface area contributed by atoms with Crippen LogP contribution in [0.2, 0.25) is 0 Å². The van der Waals surface area contributed by atoms with Crippen LogP contribution in [0.5, 0.6) is 0 Å². The van der Waals surface area contributed by atoms with Crippen molar-refractivity contribution in [1.82, 2.24) is 4.98 Å². The quantitative estimate of drug-likeness (QED) is 0.640.